The summed E-state index contributed by atoms with van der Waals surface area (Å²) in [6, 6.07) is 3.34. The zero-order chi connectivity index (χ0) is 18.7. The van der Waals surface area contributed by atoms with Crippen LogP contribution in [-0.4, -0.2) is 34.3 Å². The predicted molar refractivity (Wildman–Crippen MR) is 106 cm³/mol. The van der Waals surface area contributed by atoms with Crippen molar-refractivity contribution in [2.45, 2.75) is 20.3 Å². The van der Waals surface area contributed by atoms with Gasteiger partial charge in [0.1, 0.15) is 0 Å². The number of nitrogens with one attached hydrogen (secondary N) is 2. The zero-order valence-corrected chi connectivity index (χ0v) is 16.1. The third-order valence-corrected chi connectivity index (χ3v) is 4.86. The Hall–Kier alpha value is -2.48. The maximum Gasteiger partial charge on any atom is 0.180 e. The van der Waals surface area contributed by atoms with Gasteiger partial charge in [0.05, 0.1) is 30.4 Å². The van der Waals surface area contributed by atoms with Crippen LogP contribution in [0.1, 0.15) is 19.0 Å². The fraction of sp³-hybridized carbons (Fsp3) is 0.333. The van der Waals surface area contributed by atoms with Crippen molar-refractivity contribution < 1.29 is 9.13 Å². The second-order valence-corrected chi connectivity index (χ2v) is 6.71. The molecule has 0 aliphatic heterocycles. The first-order valence-electron chi connectivity index (χ1n) is 8.37. The number of imidazole rings is 1. The number of nitrogens with zero attached hydrogens (tertiary/aromatic N) is 3. The van der Waals surface area contributed by atoms with E-state index in [1.165, 1.54) is 25.1 Å². The Morgan fingerprint density at radius 2 is 2.15 bits per heavy atom. The third kappa shape index (κ3) is 3.41. The summed E-state index contributed by atoms with van der Waals surface area (Å²) in [4.78, 5) is 8.88. The molecule has 138 valence electrons. The van der Waals surface area contributed by atoms with Crippen molar-refractivity contribution in [1.82, 2.24) is 14.4 Å². The van der Waals surface area contributed by atoms with E-state index < -0.39 is 5.82 Å². The molecule has 0 unspecified atom stereocenters. The Morgan fingerprint density at radius 1 is 1.35 bits per heavy atom. The molecule has 0 spiro atoms. The van der Waals surface area contributed by atoms with Crippen LogP contribution in [0.5, 0.6) is 5.75 Å². The molecule has 0 aliphatic carbocycles. The number of ether oxygens (including phenoxy) is 1. The molecule has 0 amide bonds. The molecule has 0 aliphatic rings. The molecule has 3 aromatic rings. The molecule has 3 rings (SSSR count). The number of rotatable bonds is 7. The summed E-state index contributed by atoms with van der Waals surface area (Å²) in [6.45, 7) is 4.00. The van der Waals surface area contributed by atoms with Crippen molar-refractivity contribution in [2.75, 3.05) is 29.9 Å². The molecule has 2 aromatic heterocycles. The highest BCUT2D eigenvalue weighted by atomic mass is 32.2. The first-order chi connectivity index (χ1) is 12.6. The number of hydrogen-bond acceptors (Lipinski definition) is 6. The van der Waals surface area contributed by atoms with Crippen LogP contribution in [0.2, 0.25) is 0 Å². The largest absolute Gasteiger partial charge is 0.492 e. The van der Waals surface area contributed by atoms with E-state index in [1.807, 2.05) is 23.6 Å². The van der Waals surface area contributed by atoms with Gasteiger partial charge in [-0.05, 0) is 25.5 Å². The Bertz CT molecular complexity index is 928. The van der Waals surface area contributed by atoms with Crippen LogP contribution in [0.25, 0.3) is 16.9 Å². The summed E-state index contributed by atoms with van der Waals surface area (Å²) in [6.07, 6.45) is 4.63. The van der Waals surface area contributed by atoms with Gasteiger partial charge < -0.3 is 14.8 Å². The number of halogens is 1. The molecule has 26 heavy (non-hydrogen) atoms. The van der Waals surface area contributed by atoms with Gasteiger partial charge in [0.15, 0.2) is 23.0 Å². The van der Waals surface area contributed by atoms with Crippen LogP contribution in [-0.2, 0) is 0 Å². The first kappa shape index (κ1) is 18.3. The SMILES string of the molecule is CCCSNc1cc(-c2cnc3c(NC)nc(C)cn23)cc(F)c1OC. The summed E-state index contributed by atoms with van der Waals surface area (Å²) in [5.74, 6) is 1.39. The number of hydrogen-bond donors (Lipinski definition) is 2. The van der Waals surface area contributed by atoms with Crippen molar-refractivity contribution in [3.8, 4) is 17.0 Å². The smallest absolute Gasteiger partial charge is 0.180 e. The van der Waals surface area contributed by atoms with Gasteiger partial charge in [0, 0.05) is 24.6 Å². The molecule has 0 radical (unpaired) electrons. The molecule has 2 heterocycles. The van der Waals surface area contributed by atoms with E-state index >= 15 is 0 Å². The molecule has 0 fully saturated rings. The van der Waals surface area contributed by atoms with Crippen LogP contribution in [0.4, 0.5) is 15.9 Å². The fourth-order valence-corrected chi connectivity index (χ4v) is 3.36. The standard InChI is InChI=1S/C18H22FN5OS/c1-5-6-26-23-14-8-12(7-13(19)16(14)25-4)15-9-21-18-17(20-3)22-11(2)10-24(15)18/h7-10,23H,5-6H2,1-4H3,(H,20,22). The number of anilines is 2. The van der Waals surface area contributed by atoms with Crippen LogP contribution in [0, 0.1) is 12.7 Å². The summed E-state index contributed by atoms with van der Waals surface area (Å²) in [5.41, 5.74) is 3.64. The minimum absolute atomic E-state index is 0.208. The highest BCUT2D eigenvalue weighted by molar-refractivity contribution is 8.00. The van der Waals surface area contributed by atoms with Gasteiger partial charge in [-0.1, -0.05) is 18.9 Å². The predicted octanol–water partition coefficient (Wildman–Crippen LogP) is 4.36. The molecule has 6 nitrogen and oxygen atoms in total. The minimum Gasteiger partial charge on any atom is -0.492 e. The van der Waals surface area contributed by atoms with E-state index in [9.17, 15) is 4.39 Å². The highest BCUT2D eigenvalue weighted by Crippen LogP contribution is 2.35. The van der Waals surface area contributed by atoms with Crippen molar-refractivity contribution >= 4 is 29.1 Å². The maximum atomic E-state index is 14.6. The zero-order valence-electron chi connectivity index (χ0n) is 15.3. The molecule has 0 saturated carbocycles. The Labute approximate surface area is 156 Å². The summed E-state index contributed by atoms with van der Waals surface area (Å²) >= 11 is 1.52. The molecular formula is C18H22FN5OS. The van der Waals surface area contributed by atoms with E-state index in [2.05, 4.69) is 26.9 Å². The molecular weight excluding hydrogens is 353 g/mol. The summed E-state index contributed by atoms with van der Waals surface area (Å²) in [7, 11) is 3.27. The first-order valence-corrected chi connectivity index (χ1v) is 9.35. The van der Waals surface area contributed by atoms with E-state index in [0.29, 0.717) is 22.7 Å². The summed E-state index contributed by atoms with van der Waals surface area (Å²) in [5, 5.41) is 3.05. The quantitative estimate of drug-likeness (QED) is 0.472. The number of fused-ring (bicyclic) bond motifs is 1. The van der Waals surface area contributed by atoms with Crippen molar-refractivity contribution in [1.29, 1.82) is 0 Å². The third-order valence-electron chi connectivity index (χ3n) is 3.88. The topological polar surface area (TPSA) is 63.5 Å². The fourth-order valence-electron chi connectivity index (χ4n) is 2.75. The lowest BCUT2D eigenvalue weighted by Gasteiger charge is -2.13. The van der Waals surface area contributed by atoms with Crippen LogP contribution in [0.3, 0.4) is 0 Å². The molecule has 0 bridgehead atoms. The number of methoxy groups -OCH3 is 1. The Morgan fingerprint density at radius 3 is 2.85 bits per heavy atom. The maximum absolute atomic E-state index is 14.6. The average Bonchev–Trinajstić information content (AvgIpc) is 3.04. The molecule has 1 aromatic carbocycles. The number of aryl methyl sites for hydroxylation is 1. The molecule has 2 N–H and O–H groups in total. The van der Waals surface area contributed by atoms with Crippen LogP contribution in [0.15, 0.2) is 24.5 Å². The van der Waals surface area contributed by atoms with Crippen LogP contribution >= 0.6 is 11.9 Å². The van der Waals surface area contributed by atoms with E-state index in [1.54, 1.807) is 13.2 Å². The second kappa shape index (κ2) is 7.82. The lowest BCUT2D eigenvalue weighted by molar-refractivity contribution is 0.389. The molecule has 0 saturated heterocycles. The number of aromatic nitrogens is 3. The normalized spacial score (nSPS) is 11.0. The Kier molecular flexibility index (Phi) is 5.51. The Balaban J connectivity index is 2.12. The van der Waals surface area contributed by atoms with Gasteiger partial charge in [0.25, 0.3) is 0 Å². The van der Waals surface area contributed by atoms with Gasteiger partial charge in [-0.2, -0.15) is 0 Å². The number of benzene rings is 1. The average molecular weight is 375 g/mol. The highest BCUT2D eigenvalue weighted by Gasteiger charge is 2.16. The van der Waals surface area contributed by atoms with Gasteiger partial charge in [-0.25, -0.2) is 14.4 Å². The van der Waals surface area contributed by atoms with Crippen LogP contribution < -0.4 is 14.8 Å². The van der Waals surface area contributed by atoms with Gasteiger partial charge in [0.2, 0.25) is 0 Å². The van der Waals surface area contributed by atoms with Gasteiger partial charge >= 0.3 is 0 Å². The monoisotopic (exact) mass is 375 g/mol. The lowest BCUT2D eigenvalue weighted by Crippen LogP contribution is -2.01. The molecule has 8 heteroatoms. The van der Waals surface area contributed by atoms with E-state index in [0.717, 1.165) is 23.6 Å². The van der Waals surface area contributed by atoms with E-state index in [-0.39, 0.29) is 5.75 Å². The minimum atomic E-state index is -0.417. The van der Waals surface area contributed by atoms with Crippen molar-refractivity contribution in [2.24, 2.45) is 0 Å². The van der Waals surface area contributed by atoms with Crippen molar-refractivity contribution in [3.05, 3.63) is 36.0 Å². The lowest BCUT2D eigenvalue weighted by atomic mass is 10.1. The van der Waals surface area contributed by atoms with E-state index in [4.69, 9.17) is 4.74 Å². The summed E-state index contributed by atoms with van der Waals surface area (Å²) < 4.78 is 24.9. The molecule has 0 atom stereocenters. The second-order valence-electron chi connectivity index (χ2n) is 5.81. The van der Waals surface area contributed by atoms with Gasteiger partial charge in [-0.3, -0.25) is 4.40 Å². The van der Waals surface area contributed by atoms with Gasteiger partial charge in [-0.15, -0.1) is 0 Å². The van der Waals surface area contributed by atoms with Crippen molar-refractivity contribution in [3.63, 3.8) is 0 Å².